The van der Waals surface area contributed by atoms with E-state index in [1.54, 1.807) is 36.5 Å². The quantitative estimate of drug-likeness (QED) is 0.510. The minimum Gasteiger partial charge on any atom is -0.460 e. The minimum atomic E-state index is -0.801. The Morgan fingerprint density at radius 2 is 2.07 bits per heavy atom. The summed E-state index contributed by atoms with van der Waals surface area (Å²) in [5.41, 5.74) is 2.54. The van der Waals surface area contributed by atoms with E-state index >= 15 is 0 Å². The van der Waals surface area contributed by atoms with Gasteiger partial charge in [0.05, 0.1) is 10.7 Å². The van der Waals surface area contributed by atoms with Gasteiger partial charge in [0.1, 0.15) is 10.3 Å². The molecule has 0 amide bonds. The fourth-order valence-corrected chi connectivity index (χ4v) is 3.53. The highest BCUT2D eigenvalue weighted by molar-refractivity contribution is 9.10. The van der Waals surface area contributed by atoms with Crippen molar-refractivity contribution in [3.8, 4) is 5.82 Å². The van der Waals surface area contributed by atoms with Gasteiger partial charge in [-0.25, -0.2) is 14.7 Å². The Hall–Kier alpha value is -2.22. The molecule has 9 heteroatoms. The summed E-state index contributed by atoms with van der Waals surface area (Å²) in [5.74, 6) is 0.646. The normalized spacial score (nSPS) is 15.7. The Morgan fingerprint density at radius 1 is 1.26 bits per heavy atom. The maximum absolute atomic E-state index is 11.6. The number of rotatable bonds is 3. The lowest BCUT2D eigenvalue weighted by Gasteiger charge is -2.24. The standard InChI is InChI=1S/C18H11BrCl2N4O2/c1-9-11(20)5-4-10-14(8-26)27-18(23-16(9)10)13-7-15(19)24-25(13)17-12(21)3-2-6-22-17/h2-8,14H,1H3. The van der Waals surface area contributed by atoms with Crippen LogP contribution in [0, 0.1) is 6.92 Å². The first-order valence-electron chi connectivity index (χ1n) is 7.86. The zero-order valence-electron chi connectivity index (χ0n) is 13.9. The van der Waals surface area contributed by atoms with Gasteiger partial charge in [0.15, 0.2) is 18.2 Å². The largest absolute Gasteiger partial charge is 0.460 e. The highest BCUT2D eigenvalue weighted by atomic mass is 79.9. The average Bonchev–Trinajstić information content (AvgIpc) is 3.06. The lowest BCUT2D eigenvalue weighted by molar-refractivity contribution is -0.114. The molecule has 1 unspecified atom stereocenters. The molecule has 3 aromatic rings. The van der Waals surface area contributed by atoms with Gasteiger partial charge in [-0.2, -0.15) is 5.10 Å². The first kappa shape index (κ1) is 18.2. The molecule has 1 aromatic carbocycles. The molecule has 0 bridgehead atoms. The predicted molar refractivity (Wildman–Crippen MR) is 106 cm³/mol. The number of pyridine rings is 1. The molecular weight excluding hydrogens is 455 g/mol. The Bertz CT molecular complexity index is 1100. The molecule has 0 aliphatic carbocycles. The van der Waals surface area contributed by atoms with Gasteiger partial charge in [-0.3, -0.25) is 4.79 Å². The van der Waals surface area contributed by atoms with Crippen molar-refractivity contribution in [2.75, 3.05) is 0 Å². The number of hydrogen-bond acceptors (Lipinski definition) is 5. The zero-order valence-corrected chi connectivity index (χ0v) is 17.0. The monoisotopic (exact) mass is 464 g/mol. The number of ether oxygens (including phenoxy) is 1. The van der Waals surface area contributed by atoms with Gasteiger partial charge in [0.25, 0.3) is 0 Å². The van der Waals surface area contributed by atoms with Crippen LogP contribution >= 0.6 is 39.1 Å². The molecule has 2 aromatic heterocycles. The molecule has 136 valence electrons. The van der Waals surface area contributed by atoms with Crippen molar-refractivity contribution in [1.82, 2.24) is 14.8 Å². The lowest BCUT2D eigenvalue weighted by Crippen LogP contribution is -2.21. The molecule has 0 N–H and O–H groups in total. The van der Waals surface area contributed by atoms with E-state index in [9.17, 15) is 4.79 Å². The number of benzene rings is 1. The summed E-state index contributed by atoms with van der Waals surface area (Å²) < 4.78 is 7.90. The van der Waals surface area contributed by atoms with Crippen LogP contribution in [0.1, 0.15) is 22.9 Å². The second-order valence-electron chi connectivity index (χ2n) is 5.77. The van der Waals surface area contributed by atoms with Crippen LogP contribution in [-0.4, -0.2) is 26.9 Å². The van der Waals surface area contributed by atoms with E-state index in [0.29, 0.717) is 37.4 Å². The minimum absolute atomic E-state index is 0.227. The molecule has 27 heavy (non-hydrogen) atoms. The highest BCUT2D eigenvalue weighted by Gasteiger charge is 2.29. The number of fused-ring (bicyclic) bond motifs is 1. The zero-order chi connectivity index (χ0) is 19.1. The van der Waals surface area contributed by atoms with E-state index in [1.807, 2.05) is 6.92 Å². The number of halogens is 3. The van der Waals surface area contributed by atoms with Crippen molar-refractivity contribution in [3.05, 3.63) is 68.0 Å². The molecular formula is C18H11BrCl2N4O2. The van der Waals surface area contributed by atoms with Crippen molar-refractivity contribution in [2.24, 2.45) is 4.99 Å². The highest BCUT2D eigenvalue weighted by Crippen LogP contribution is 2.39. The van der Waals surface area contributed by atoms with Crippen molar-refractivity contribution in [2.45, 2.75) is 13.0 Å². The summed E-state index contributed by atoms with van der Waals surface area (Å²) in [6.07, 6.45) is 1.53. The van der Waals surface area contributed by atoms with Gasteiger partial charge in [0.2, 0.25) is 5.90 Å². The van der Waals surface area contributed by atoms with Gasteiger partial charge in [-0.05, 0) is 46.6 Å². The van der Waals surface area contributed by atoms with Crippen molar-refractivity contribution in [1.29, 1.82) is 0 Å². The Labute approximate surface area is 172 Å². The predicted octanol–water partition coefficient (Wildman–Crippen LogP) is 4.99. The molecule has 0 fully saturated rings. The first-order valence-corrected chi connectivity index (χ1v) is 9.41. The van der Waals surface area contributed by atoms with Crippen LogP contribution in [0.25, 0.3) is 5.82 Å². The molecule has 1 aliphatic rings. The Kier molecular flexibility index (Phi) is 4.75. The van der Waals surface area contributed by atoms with E-state index in [0.717, 1.165) is 11.8 Å². The fraction of sp³-hybridized carbons (Fsp3) is 0.111. The third-order valence-electron chi connectivity index (χ3n) is 4.12. The van der Waals surface area contributed by atoms with Crippen LogP contribution in [0.4, 0.5) is 5.69 Å². The van der Waals surface area contributed by atoms with E-state index in [1.165, 1.54) is 4.68 Å². The van der Waals surface area contributed by atoms with Gasteiger partial charge >= 0.3 is 0 Å². The number of nitrogens with zero attached hydrogens (tertiary/aromatic N) is 4. The second-order valence-corrected chi connectivity index (χ2v) is 7.40. The van der Waals surface area contributed by atoms with Crippen LogP contribution in [0.2, 0.25) is 10.0 Å². The Balaban J connectivity index is 1.92. The number of hydrogen-bond donors (Lipinski definition) is 0. The summed E-state index contributed by atoms with van der Waals surface area (Å²) in [7, 11) is 0. The number of aldehydes is 1. The molecule has 6 nitrogen and oxygen atoms in total. The molecule has 3 heterocycles. The van der Waals surface area contributed by atoms with Crippen LogP contribution in [0.3, 0.4) is 0 Å². The van der Waals surface area contributed by atoms with Crippen LogP contribution in [-0.2, 0) is 9.53 Å². The van der Waals surface area contributed by atoms with Gasteiger partial charge in [-0.15, -0.1) is 0 Å². The van der Waals surface area contributed by atoms with Crippen molar-refractivity contribution in [3.63, 3.8) is 0 Å². The van der Waals surface area contributed by atoms with E-state index in [4.69, 9.17) is 27.9 Å². The van der Waals surface area contributed by atoms with Gasteiger partial charge in [-0.1, -0.05) is 29.3 Å². The molecule has 0 saturated carbocycles. The van der Waals surface area contributed by atoms with Gasteiger partial charge < -0.3 is 4.74 Å². The van der Waals surface area contributed by atoms with Crippen LogP contribution in [0.15, 0.2) is 46.1 Å². The number of aromatic nitrogens is 3. The molecule has 1 aliphatic heterocycles. The molecule has 0 spiro atoms. The molecule has 0 radical (unpaired) electrons. The maximum atomic E-state index is 11.6. The van der Waals surface area contributed by atoms with Gasteiger partial charge in [0, 0.05) is 22.8 Å². The van der Waals surface area contributed by atoms with E-state index < -0.39 is 6.10 Å². The lowest BCUT2D eigenvalue weighted by atomic mass is 10.0. The third-order valence-corrected chi connectivity index (χ3v) is 5.21. The maximum Gasteiger partial charge on any atom is 0.241 e. The first-order chi connectivity index (χ1) is 13.0. The van der Waals surface area contributed by atoms with Crippen LogP contribution < -0.4 is 0 Å². The van der Waals surface area contributed by atoms with Crippen molar-refractivity contribution >= 4 is 57.0 Å². The number of carbonyl (C=O) groups is 1. The van der Waals surface area contributed by atoms with Crippen molar-refractivity contribution < 1.29 is 9.53 Å². The molecule has 0 saturated heterocycles. The average molecular weight is 466 g/mol. The molecule has 1 atom stereocenters. The third kappa shape index (κ3) is 3.16. The fourth-order valence-electron chi connectivity index (χ4n) is 2.80. The van der Waals surface area contributed by atoms with Crippen LogP contribution in [0.5, 0.6) is 0 Å². The summed E-state index contributed by atoms with van der Waals surface area (Å²) in [6.45, 7) is 1.85. The SMILES string of the molecule is Cc1c(Cl)ccc2c1N=C(c1cc(Br)nn1-c1ncccc1Cl)OC2C=O. The second kappa shape index (κ2) is 7.07. The van der Waals surface area contributed by atoms with E-state index in [2.05, 4.69) is 31.0 Å². The molecule has 4 rings (SSSR count). The van der Waals surface area contributed by atoms with E-state index in [-0.39, 0.29) is 5.90 Å². The summed E-state index contributed by atoms with van der Waals surface area (Å²) >= 11 is 15.9. The topological polar surface area (TPSA) is 69.4 Å². The Morgan fingerprint density at radius 3 is 2.81 bits per heavy atom. The smallest absolute Gasteiger partial charge is 0.241 e. The summed E-state index contributed by atoms with van der Waals surface area (Å²) in [6, 6.07) is 8.62. The summed E-state index contributed by atoms with van der Waals surface area (Å²) in [4.78, 5) is 20.5. The number of aliphatic imine (C=N–C) groups is 1. The number of carbonyl (C=O) groups excluding carboxylic acids is 1. The summed E-state index contributed by atoms with van der Waals surface area (Å²) in [5, 5.41) is 5.35.